The number of thioether (sulfide) groups is 1. The Labute approximate surface area is 180 Å². The number of carbonyl (C=O) groups excluding carboxylic acids is 1. The van der Waals surface area contributed by atoms with Gasteiger partial charge in [-0.25, -0.2) is 8.42 Å². The maximum absolute atomic E-state index is 12.6. The van der Waals surface area contributed by atoms with Crippen molar-refractivity contribution in [2.75, 3.05) is 19.5 Å². The molecule has 0 atom stereocenters. The summed E-state index contributed by atoms with van der Waals surface area (Å²) in [4.78, 5) is 22.5. The summed E-state index contributed by atoms with van der Waals surface area (Å²) >= 11 is 1.67. The molecule has 1 aromatic heterocycles. The molecule has 0 radical (unpaired) electrons. The fraction of sp³-hybridized carbons (Fsp3) is 0.143. The largest absolute Gasteiger partial charge is 0.322 e. The van der Waals surface area contributed by atoms with Gasteiger partial charge in [0.1, 0.15) is 0 Å². The number of benzene rings is 2. The molecule has 1 N–H and O–H groups in total. The van der Waals surface area contributed by atoms with Gasteiger partial charge in [-0.2, -0.15) is 0 Å². The van der Waals surface area contributed by atoms with Crippen LogP contribution in [0.2, 0.25) is 0 Å². The van der Waals surface area contributed by atoms with Crippen molar-refractivity contribution in [3.63, 3.8) is 0 Å². The van der Waals surface area contributed by atoms with Crippen molar-refractivity contribution in [3.8, 4) is 0 Å². The Hall–Kier alpha value is -2.72. The maximum Gasteiger partial charge on any atom is 0.264 e. The summed E-state index contributed by atoms with van der Waals surface area (Å²) in [5, 5.41) is 2.78. The molecule has 0 bridgehead atoms. The zero-order chi connectivity index (χ0) is 21.6. The molecule has 1 amide bonds. The van der Waals surface area contributed by atoms with Crippen molar-refractivity contribution < 1.29 is 18.0 Å². The van der Waals surface area contributed by atoms with Gasteiger partial charge < -0.3 is 5.32 Å². The first-order chi connectivity index (χ1) is 14.4. The monoisotopic (exact) mass is 443 g/mol. The average Bonchev–Trinajstić information content (AvgIpc) is 2.78. The maximum atomic E-state index is 12.6. The summed E-state index contributed by atoms with van der Waals surface area (Å²) in [6.45, 7) is 0. The minimum absolute atomic E-state index is 0.0263. The second-order valence-corrected chi connectivity index (χ2v) is 9.24. The number of rotatable bonds is 8. The number of hydrogen-bond donors (Lipinski definition) is 1. The minimum atomic E-state index is -3.83. The molecular formula is C21H21N3O4S2. The van der Waals surface area contributed by atoms with E-state index in [-0.39, 0.29) is 10.5 Å². The van der Waals surface area contributed by atoms with Crippen LogP contribution in [0.3, 0.4) is 0 Å². The lowest BCUT2D eigenvalue weighted by atomic mass is 10.2. The molecule has 156 valence electrons. The minimum Gasteiger partial charge on any atom is -0.322 e. The number of amides is 1. The Kier molecular flexibility index (Phi) is 7.22. The lowest BCUT2D eigenvalue weighted by Crippen LogP contribution is -2.26. The second-order valence-electron chi connectivity index (χ2n) is 6.25. The fourth-order valence-corrected chi connectivity index (χ4v) is 4.38. The first-order valence-corrected chi connectivity index (χ1v) is 11.4. The zero-order valence-corrected chi connectivity index (χ0v) is 18.1. The third-order valence-corrected chi connectivity index (χ3v) is 6.99. The van der Waals surface area contributed by atoms with E-state index in [0.717, 1.165) is 20.7 Å². The van der Waals surface area contributed by atoms with E-state index in [0.29, 0.717) is 5.69 Å². The highest BCUT2D eigenvalue weighted by molar-refractivity contribution is 7.98. The first kappa shape index (κ1) is 22.0. The molecule has 3 aromatic rings. The third-order valence-electron chi connectivity index (χ3n) is 4.23. The molecule has 0 aliphatic carbocycles. The summed E-state index contributed by atoms with van der Waals surface area (Å²) in [6, 6.07) is 17.2. The van der Waals surface area contributed by atoms with Gasteiger partial charge in [-0.05, 0) is 54.1 Å². The van der Waals surface area contributed by atoms with Crippen LogP contribution in [-0.2, 0) is 20.6 Å². The van der Waals surface area contributed by atoms with E-state index in [1.54, 1.807) is 24.0 Å². The van der Waals surface area contributed by atoms with Gasteiger partial charge in [0.05, 0.1) is 12.0 Å². The van der Waals surface area contributed by atoms with Crippen molar-refractivity contribution in [2.24, 2.45) is 0 Å². The summed E-state index contributed by atoms with van der Waals surface area (Å²) in [6.07, 6.45) is 3.58. The molecular weight excluding hydrogens is 422 g/mol. The van der Waals surface area contributed by atoms with Crippen LogP contribution in [0.5, 0.6) is 0 Å². The lowest BCUT2D eigenvalue weighted by molar-refractivity contribution is -0.0258. The molecule has 0 aliphatic heterocycles. The molecule has 1 heterocycles. The summed E-state index contributed by atoms with van der Waals surface area (Å²) in [7, 11) is -1.28. The number of hydrogen-bond acceptors (Lipinski definition) is 6. The number of carbonyl (C=O) groups is 1. The predicted molar refractivity (Wildman–Crippen MR) is 117 cm³/mol. The topological polar surface area (TPSA) is 88.6 Å². The van der Waals surface area contributed by atoms with Gasteiger partial charge in [0.15, 0.2) is 0 Å². The van der Waals surface area contributed by atoms with E-state index >= 15 is 0 Å². The molecule has 0 fully saturated rings. The van der Waals surface area contributed by atoms with Gasteiger partial charge >= 0.3 is 0 Å². The van der Waals surface area contributed by atoms with Crippen LogP contribution in [0.4, 0.5) is 5.69 Å². The van der Waals surface area contributed by atoms with E-state index < -0.39 is 15.9 Å². The molecule has 0 spiro atoms. The SMILES string of the molecule is CON(C)S(=O)(=O)c1cccc(C(=O)Nc2ccc(SCc3cccnc3)cc2)c1. The lowest BCUT2D eigenvalue weighted by Gasteiger charge is -2.14. The van der Waals surface area contributed by atoms with Crippen molar-refractivity contribution in [1.29, 1.82) is 0 Å². The highest BCUT2D eigenvalue weighted by atomic mass is 32.2. The van der Waals surface area contributed by atoms with Gasteiger partial charge in [0.2, 0.25) is 0 Å². The molecule has 0 unspecified atom stereocenters. The molecule has 9 heteroatoms. The van der Waals surface area contributed by atoms with Gasteiger partial charge in [-0.1, -0.05) is 16.6 Å². The number of aromatic nitrogens is 1. The van der Waals surface area contributed by atoms with E-state index in [1.165, 1.54) is 32.4 Å². The number of sulfonamides is 1. The number of nitrogens with zero attached hydrogens (tertiary/aromatic N) is 2. The number of nitrogens with one attached hydrogen (secondary N) is 1. The van der Waals surface area contributed by atoms with Crippen LogP contribution in [0.25, 0.3) is 0 Å². The highest BCUT2D eigenvalue weighted by Crippen LogP contribution is 2.24. The van der Waals surface area contributed by atoms with Crippen LogP contribution in [-0.4, -0.2) is 37.9 Å². The molecule has 3 rings (SSSR count). The first-order valence-electron chi connectivity index (χ1n) is 8.96. The standard InChI is InChI=1S/C21H21N3O4S2/c1-24(28-2)30(26,27)20-7-3-6-17(13-20)21(25)23-18-8-10-19(11-9-18)29-15-16-5-4-12-22-14-16/h3-14H,15H2,1-2H3,(H,23,25). The van der Waals surface area contributed by atoms with E-state index in [2.05, 4.69) is 10.3 Å². The summed E-state index contributed by atoms with van der Waals surface area (Å²) in [5.41, 5.74) is 1.98. The number of pyridine rings is 1. The zero-order valence-electron chi connectivity index (χ0n) is 16.5. The summed E-state index contributed by atoms with van der Waals surface area (Å²) < 4.78 is 25.5. The number of anilines is 1. The number of hydroxylamine groups is 1. The van der Waals surface area contributed by atoms with Gasteiger partial charge in [-0.3, -0.25) is 14.6 Å². The van der Waals surface area contributed by atoms with Crippen molar-refractivity contribution in [1.82, 2.24) is 9.45 Å². The van der Waals surface area contributed by atoms with Crippen LogP contribution in [0.15, 0.2) is 82.8 Å². The van der Waals surface area contributed by atoms with Gasteiger partial charge in [0, 0.05) is 41.3 Å². The predicted octanol–water partition coefficient (Wildman–Crippen LogP) is 3.81. The van der Waals surface area contributed by atoms with E-state index in [9.17, 15) is 13.2 Å². The highest BCUT2D eigenvalue weighted by Gasteiger charge is 2.22. The molecule has 7 nitrogen and oxygen atoms in total. The van der Waals surface area contributed by atoms with Gasteiger partial charge in [0.25, 0.3) is 15.9 Å². The fourth-order valence-electron chi connectivity index (χ4n) is 2.53. The Morgan fingerprint density at radius 2 is 1.90 bits per heavy atom. The molecule has 2 aromatic carbocycles. The van der Waals surface area contributed by atoms with Crippen LogP contribution in [0, 0.1) is 0 Å². The average molecular weight is 444 g/mol. The van der Waals surface area contributed by atoms with E-state index in [1.807, 2.05) is 42.6 Å². The van der Waals surface area contributed by atoms with Gasteiger partial charge in [-0.15, -0.1) is 11.8 Å². The molecule has 0 saturated heterocycles. The molecule has 30 heavy (non-hydrogen) atoms. The van der Waals surface area contributed by atoms with Crippen molar-refractivity contribution in [2.45, 2.75) is 15.5 Å². The smallest absolute Gasteiger partial charge is 0.264 e. The normalized spacial score (nSPS) is 11.4. The Bertz CT molecular complexity index is 1100. The quantitative estimate of drug-likeness (QED) is 0.421. The van der Waals surface area contributed by atoms with Crippen molar-refractivity contribution in [3.05, 3.63) is 84.2 Å². The molecule has 0 aliphatic rings. The van der Waals surface area contributed by atoms with Crippen LogP contribution < -0.4 is 5.32 Å². The Morgan fingerprint density at radius 1 is 1.13 bits per heavy atom. The summed E-state index contributed by atoms with van der Waals surface area (Å²) in [5.74, 6) is 0.402. The second kappa shape index (κ2) is 9.86. The Morgan fingerprint density at radius 3 is 2.57 bits per heavy atom. The Balaban J connectivity index is 1.65. The third kappa shape index (κ3) is 5.45. The van der Waals surface area contributed by atoms with Crippen molar-refractivity contribution >= 4 is 33.4 Å². The molecule has 0 saturated carbocycles. The van der Waals surface area contributed by atoms with E-state index in [4.69, 9.17) is 4.84 Å². The van der Waals surface area contributed by atoms with Crippen LogP contribution >= 0.6 is 11.8 Å². The van der Waals surface area contributed by atoms with Crippen LogP contribution in [0.1, 0.15) is 15.9 Å².